The molecule has 0 saturated heterocycles. The highest BCUT2D eigenvalue weighted by molar-refractivity contribution is 5.79. The molecular formula is C17H31N5O. The Morgan fingerprint density at radius 1 is 1.43 bits per heavy atom. The van der Waals surface area contributed by atoms with Crippen molar-refractivity contribution in [1.82, 2.24) is 20.0 Å². The Bertz CT molecular complexity index is 533. The second kappa shape index (κ2) is 8.34. The summed E-state index contributed by atoms with van der Waals surface area (Å²) in [6.45, 7) is 7.58. The van der Waals surface area contributed by atoms with Crippen molar-refractivity contribution in [2.24, 2.45) is 18.0 Å². The Balaban J connectivity index is 1.70. The molecule has 1 aromatic heterocycles. The standard InChI is InChI=1S/C17H31N5O/c1-13-16(14(2)22(5)20-13)8-9-19-17(18-3)21(4)10-11-23-12-15-6-7-15/h15H,6-12H2,1-5H3,(H,18,19). The minimum absolute atomic E-state index is 0.758. The lowest BCUT2D eigenvalue weighted by Crippen LogP contribution is -2.41. The number of hydrogen-bond donors (Lipinski definition) is 1. The lowest BCUT2D eigenvalue weighted by molar-refractivity contribution is 0.115. The maximum atomic E-state index is 5.70. The maximum Gasteiger partial charge on any atom is 0.193 e. The number of ether oxygens (including phenoxy) is 1. The van der Waals surface area contributed by atoms with Crippen LogP contribution >= 0.6 is 0 Å². The van der Waals surface area contributed by atoms with Crippen LogP contribution in [0, 0.1) is 19.8 Å². The van der Waals surface area contributed by atoms with Crippen LogP contribution in [0.25, 0.3) is 0 Å². The molecular weight excluding hydrogens is 290 g/mol. The molecule has 1 aliphatic rings. The van der Waals surface area contributed by atoms with Crippen molar-refractivity contribution in [3.8, 4) is 0 Å². The van der Waals surface area contributed by atoms with E-state index in [1.807, 2.05) is 18.8 Å². The Labute approximate surface area is 139 Å². The van der Waals surface area contributed by atoms with Crippen LogP contribution in [0.3, 0.4) is 0 Å². The third-order valence-electron chi connectivity index (χ3n) is 4.51. The van der Waals surface area contributed by atoms with Gasteiger partial charge in [-0.25, -0.2) is 0 Å². The van der Waals surface area contributed by atoms with Crippen LogP contribution < -0.4 is 5.32 Å². The fourth-order valence-electron chi connectivity index (χ4n) is 2.71. The molecule has 0 bridgehead atoms. The van der Waals surface area contributed by atoms with Gasteiger partial charge in [-0.1, -0.05) is 0 Å². The molecule has 1 N–H and O–H groups in total. The van der Waals surface area contributed by atoms with E-state index in [0.717, 1.165) is 50.3 Å². The van der Waals surface area contributed by atoms with E-state index < -0.39 is 0 Å². The van der Waals surface area contributed by atoms with Crippen LogP contribution in [-0.4, -0.2) is 61.0 Å². The van der Waals surface area contributed by atoms with E-state index in [1.54, 1.807) is 0 Å². The van der Waals surface area contributed by atoms with Crippen LogP contribution in [0.15, 0.2) is 4.99 Å². The summed E-state index contributed by atoms with van der Waals surface area (Å²) in [5.74, 6) is 1.74. The van der Waals surface area contributed by atoms with Crippen molar-refractivity contribution in [2.75, 3.05) is 40.4 Å². The molecule has 6 heteroatoms. The summed E-state index contributed by atoms with van der Waals surface area (Å²) in [5, 5.41) is 7.89. The number of likely N-dealkylation sites (N-methyl/N-ethyl adjacent to an activating group) is 1. The molecule has 6 nitrogen and oxygen atoms in total. The summed E-state index contributed by atoms with van der Waals surface area (Å²) < 4.78 is 7.64. The number of aliphatic imine (C=N–C) groups is 1. The van der Waals surface area contributed by atoms with Crippen LogP contribution in [-0.2, 0) is 18.2 Å². The van der Waals surface area contributed by atoms with Gasteiger partial charge in [-0.2, -0.15) is 5.10 Å². The number of nitrogens with zero attached hydrogens (tertiary/aromatic N) is 4. The third kappa shape index (κ3) is 5.23. The van der Waals surface area contributed by atoms with Crippen LogP contribution in [0.5, 0.6) is 0 Å². The monoisotopic (exact) mass is 321 g/mol. The summed E-state index contributed by atoms with van der Waals surface area (Å²) >= 11 is 0. The Morgan fingerprint density at radius 3 is 2.74 bits per heavy atom. The molecule has 0 spiro atoms. The molecule has 2 rings (SSSR count). The maximum absolute atomic E-state index is 5.70. The molecule has 130 valence electrons. The van der Waals surface area contributed by atoms with Crippen molar-refractivity contribution in [1.29, 1.82) is 0 Å². The first kappa shape index (κ1) is 17.8. The lowest BCUT2D eigenvalue weighted by atomic mass is 10.1. The largest absolute Gasteiger partial charge is 0.379 e. The highest BCUT2D eigenvalue weighted by Gasteiger charge is 2.21. The predicted molar refractivity (Wildman–Crippen MR) is 93.9 cm³/mol. The van der Waals surface area contributed by atoms with Gasteiger partial charge in [0.1, 0.15) is 0 Å². The van der Waals surface area contributed by atoms with Gasteiger partial charge in [0.25, 0.3) is 0 Å². The highest BCUT2D eigenvalue weighted by Crippen LogP contribution is 2.28. The fraction of sp³-hybridized carbons (Fsp3) is 0.765. The Hall–Kier alpha value is -1.56. The number of rotatable bonds is 8. The van der Waals surface area contributed by atoms with Crippen LogP contribution in [0.2, 0.25) is 0 Å². The molecule has 0 aromatic carbocycles. The number of hydrogen-bond acceptors (Lipinski definition) is 3. The molecule has 1 heterocycles. The Morgan fingerprint density at radius 2 is 2.17 bits per heavy atom. The van der Waals surface area contributed by atoms with E-state index in [-0.39, 0.29) is 0 Å². The fourth-order valence-corrected chi connectivity index (χ4v) is 2.71. The van der Waals surface area contributed by atoms with Crippen LogP contribution in [0.1, 0.15) is 29.8 Å². The molecule has 23 heavy (non-hydrogen) atoms. The Kier molecular flexibility index (Phi) is 6.45. The summed E-state index contributed by atoms with van der Waals surface area (Å²) in [4.78, 5) is 6.47. The van der Waals surface area contributed by atoms with Gasteiger partial charge in [-0.05, 0) is 44.6 Å². The first-order valence-electron chi connectivity index (χ1n) is 8.51. The molecule has 0 radical (unpaired) electrons. The summed E-state index contributed by atoms with van der Waals surface area (Å²) in [5.41, 5.74) is 3.68. The van der Waals surface area contributed by atoms with Gasteiger partial charge in [-0.15, -0.1) is 0 Å². The van der Waals surface area contributed by atoms with Crippen molar-refractivity contribution in [3.63, 3.8) is 0 Å². The van der Waals surface area contributed by atoms with Crippen molar-refractivity contribution in [2.45, 2.75) is 33.1 Å². The number of nitrogens with one attached hydrogen (secondary N) is 1. The van der Waals surface area contributed by atoms with Gasteiger partial charge < -0.3 is 15.0 Å². The number of aryl methyl sites for hydroxylation is 2. The van der Waals surface area contributed by atoms with E-state index in [9.17, 15) is 0 Å². The SMILES string of the molecule is CN=C(NCCc1c(C)nn(C)c1C)N(C)CCOCC1CC1. The first-order valence-corrected chi connectivity index (χ1v) is 8.51. The quantitative estimate of drug-likeness (QED) is 0.448. The van der Waals surface area contributed by atoms with E-state index in [1.165, 1.54) is 24.1 Å². The van der Waals surface area contributed by atoms with E-state index >= 15 is 0 Å². The van der Waals surface area contributed by atoms with E-state index in [0.29, 0.717) is 0 Å². The average Bonchev–Trinajstić information content (AvgIpc) is 3.31. The smallest absolute Gasteiger partial charge is 0.193 e. The molecule has 1 aromatic rings. The van der Waals surface area contributed by atoms with Gasteiger partial charge in [0, 0.05) is 46.5 Å². The third-order valence-corrected chi connectivity index (χ3v) is 4.51. The zero-order valence-electron chi connectivity index (χ0n) is 15.2. The minimum Gasteiger partial charge on any atom is -0.379 e. The van der Waals surface area contributed by atoms with Crippen molar-refractivity contribution >= 4 is 5.96 Å². The molecule has 0 unspecified atom stereocenters. The zero-order chi connectivity index (χ0) is 16.8. The number of aromatic nitrogens is 2. The second-order valence-electron chi connectivity index (χ2n) is 6.44. The molecule has 0 amide bonds. The van der Waals surface area contributed by atoms with Crippen molar-refractivity contribution in [3.05, 3.63) is 17.0 Å². The molecule has 0 aliphatic heterocycles. The zero-order valence-corrected chi connectivity index (χ0v) is 15.2. The van der Waals surface area contributed by atoms with E-state index in [2.05, 4.69) is 41.2 Å². The predicted octanol–water partition coefficient (Wildman–Crippen LogP) is 1.51. The van der Waals surface area contributed by atoms with Gasteiger partial charge in [0.15, 0.2) is 5.96 Å². The molecule has 0 atom stereocenters. The second-order valence-corrected chi connectivity index (χ2v) is 6.44. The summed E-state index contributed by atoms with van der Waals surface area (Å²) in [7, 11) is 5.87. The van der Waals surface area contributed by atoms with Gasteiger partial charge in [0.2, 0.25) is 0 Å². The van der Waals surface area contributed by atoms with Gasteiger partial charge >= 0.3 is 0 Å². The summed E-state index contributed by atoms with van der Waals surface area (Å²) in [6, 6.07) is 0. The van der Waals surface area contributed by atoms with Gasteiger partial charge in [0.05, 0.1) is 12.3 Å². The lowest BCUT2D eigenvalue weighted by Gasteiger charge is -2.22. The molecule has 1 saturated carbocycles. The van der Waals surface area contributed by atoms with Crippen molar-refractivity contribution < 1.29 is 4.74 Å². The first-order chi connectivity index (χ1) is 11.0. The highest BCUT2D eigenvalue weighted by atomic mass is 16.5. The molecule has 1 fully saturated rings. The number of guanidine groups is 1. The van der Waals surface area contributed by atoms with Crippen LogP contribution in [0.4, 0.5) is 0 Å². The topological polar surface area (TPSA) is 54.7 Å². The average molecular weight is 321 g/mol. The summed E-state index contributed by atoms with van der Waals surface area (Å²) in [6.07, 6.45) is 3.63. The van der Waals surface area contributed by atoms with E-state index in [4.69, 9.17) is 4.74 Å². The molecule has 1 aliphatic carbocycles. The minimum atomic E-state index is 0.758. The normalized spacial score (nSPS) is 15.1. The van der Waals surface area contributed by atoms with Gasteiger partial charge in [-0.3, -0.25) is 9.67 Å².